The minimum absolute atomic E-state index is 0.235. The average molecular weight is 286 g/mol. The Morgan fingerprint density at radius 2 is 1.71 bits per heavy atom. The normalized spacial score (nSPS) is 33.1. The molecule has 0 N–H and O–H groups in total. The van der Waals surface area contributed by atoms with E-state index in [1.165, 1.54) is 0 Å². The van der Waals surface area contributed by atoms with Crippen LogP contribution in [0, 0.1) is 23.2 Å². The van der Waals surface area contributed by atoms with Crippen molar-refractivity contribution in [3.8, 4) is 0 Å². The monoisotopic (exact) mass is 286 g/mol. The van der Waals surface area contributed by atoms with Crippen molar-refractivity contribution < 1.29 is 4.79 Å². The molecule has 1 saturated carbocycles. The van der Waals surface area contributed by atoms with Gasteiger partial charge in [0.1, 0.15) is 0 Å². The SMILES string of the molecule is CC1(C)CC1C(=O)N1CC2CN(c3ncccn3)CC2C1. The zero-order chi connectivity index (χ0) is 14.6. The van der Waals surface area contributed by atoms with Gasteiger partial charge in [0.2, 0.25) is 11.9 Å². The van der Waals surface area contributed by atoms with Gasteiger partial charge in [-0.2, -0.15) is 0 Å². The third kappa shape index (κ3) is 2.19. The summed E-state index contributed by atoms with van der Waals surface area (Å²) >= 11 is 0. The van der Waals surface area contributed by atoms with Crippen molar-refractivity contribution >= 4 is 11.9 Å². The van der Waals surface area contributed by atoms with Gasteiger partial charge in [-0.15, -0.1) is 0 Å². The van der Waals surface area contributed by atoms with E-state index in [9.17, 15) is 4.79 Å². The fourth-order valence-electron chi connectivity index (χ4n) is 3.90. The highest BCUT2D eigenvalue weighted by Crippen LogP contribution is 2.53. The molecular formula is C16H22N4O. The molecule has 3 unspecified atom stereocenters. The summed E-state index contributed by atoms with van der Waals surface area (Å²) < 4.78 is 0. The molecule has 21 heavy (non-hydrogen) atoms. The standard InChI is InChI=1S/C16H22N4O/c1-16(2)6-13(16)14(21)19-7-11-9-20(10-12(11)8-19)15-17-4-3-5-18-15/h3-5,11-13H,6-10H2,1-2H3. The highest BCUT2D eigenvalue weighted by molar-refractivity contribution is 5.82. The Hall–Kier alpha value is -1.65. The van der Waals surface area contributed by atoms with E-state index in [4.69, 9.17) is 0 Å². The van der Waals surface area contributed by atoms with E-state index >= 15 is 0 Å². The van der Waals surface area contributed by atoms with Crippen molar-refractivity contribution in [2.24, 2.45) is 23.2 Å². The third-order valence-corrected chi connectivity index (χ3v) is 5.44. The number of hydrogen-bond donors (Lipinski definition) is 0. The second kappa shape index (κ2) is 4.42. The molecule has 112 valence electrons. The first-order chi connectivity index (χ1) is 10.0. The average Bonchev–Trinajstić information content (AvgIpc) is 2.82. The van der Waals surface area contributed by atoms with Crippen molar-refractivity contribution in [1.29, 1.82) is 0 Å². The molecule has 3 atom stereocenters. The van der Waals surface area contributed by atoms with E-state index in [1.807, 2.05) is 6.07 Å². The maximum Gasteiger partial charge on any atom is 0.226 e. The molecule has 5 heteroatoms. The van der Waals surface area contributed by atoms with Gasteiger partial charge in [-0.3, -0.25) is 4.79 Å². The zero-order valence-corrected chi connectivity index (χ0v) is 12.7. The Morgan fingerprint density at radius 1 is 1.14 bits per heavy atom. The van der Waals surface area contributed by atoms with E-state index in [1.54, 1.807) is 12.4 Å². The lowest BCUT2D eigenvalue weighted by Gasteiger charge is -2.22. The largest absolute Gasteiger partial charge is 0.342 e. The summed E-state index contributed by atoms with van der Waals surface area (Å²) in [4.78, 5) is 25.5. The summed E-state index contributed by atoms with van der Waals surface area (Å²) in [5.74, 6) is 2.65. The van der Waals surface area contributed by atoms with Crippen LogP contribution >= 0.6 is 0 Å². The van der Waals surface area contributed by atoms with E-state index in [0.717, 1.165) is 38.5 Å². The van der Waals surface area contributed by atoms with Crippen molar-refractivity contribution in [3.05, 3.63) is 18.5 Å². The molecule has 0 bridgehead atoms. The number of fused-ring (bicyclic) bond motifs is 1. The van der Waals surface area contributed by atoms with Crippen LogP contribution in [0.3, 0.4) is 0 Å². The highest BCUT2D eigenvalue weighted by atomic mass is 16.2. The van der Waals surface area contributed by atoms with Crippen LogP contribution in [-0.4, -0.2) is 47.0 Å². The number of carbonyl (C=O) groups is 1. The predicted molar refractivity (Wildman–Crippen MR) is 79.7 cm³/mol. The van der Waals surface area contributed by atoms with Crippen LogP contribution in [0.25, 0.3) is 0 Å². The van der Waals surface area contributed by atoms with Crippen LogP contribution in [0.1, 0.15) is 20.3 Å². The highest BCUT2D eigenvalue weighted by Gasteiger charge is 2.54. The van der Waals surface area contributed by atoms with Gasteiger partial charge in [0.15, 0.2) is 0 Å². The van der Waals surface area contributed by atoms with E-state index in [0.29, 0.717) is 17.7 Å². The van der Waals surface area contributed by atoms with Crippen LogP contribution in [-0.2, 0) is 4.79 Å². The summed E-state index contributed by atoms with van der Waals surface area (Å²) in [7, 11) is 0. The maximum absolute atomic E-state index is 12.5. The van der Waals surface area contributed by atoms with Crippen LogP contribution in [0.5, 0.6) is 0 Å². The van der Waals surface area contributed by atoms with Gasteiger partial charge < -0.3 is 9.80 Å². The molecule has 1 aliphatic carbocycles. The molecule has 0 radical (unpaired) electrons. The molecule has 0 aromatic carbocycles. The predicted octanol–water partition coefficient (Wildman–Crippen LogP) is 1.42. The second-order valence-corrected chi connectivity index (χ2v) is 7.46. The minimum Gasteiger partial charge on any atom is -0.342 e. The molecule has 0 spiro atoms. The van der Waals surface area contributed by atoms with Gasteiger partial charge in [0.25, 0.3) is 0 Å². The van der Waals surface area contributed by atoms with Crippen LogP contribution < -0.4 is 4.90 Å². The zero-order valence-electron chi connectivity index (χ0n) is 12.7. The minimum atomic E-state index is 0.235. The van der Waals surface area contributed by atoms with Gasteiger partial charge in [-0.1, -0.05) is 13.8 Å². The summed E-state index contributed by atoms with van der Waals surface area (Å²) in [5.41, 5.74) is 0.235. The van der Waals surface area contributed by atoms with Gasteiger partial charge in [-0.05, 0) is 17.9 Å². The summed E-state index contributed by atoms with van der Waals surface area (Å²) in [6.45, 7) is 8.18. The van der Waals surface area contributed by atoms with Gasteiger partial charge >= 0.3 is 0 Å². The van der Waals surface area contributed by atoms with Crippen molar-refractivity contribution in [2.75, 3.05) is 31.1 Å². The van der Waals surface area contributed by atoms with Gasteiger partial charge in [-0.25, -0.2) is 9.97 Å². The van der Waals surface area contributed by atoms with E-state index < -0.39 is 0 Å². The van der Waals surface area contributed by atoms with Crippen LogP contribution in [0.2, 0.25) is 0 Å². The Balaban J connectivity index is 1.39. The molecule has 1 aromatic heterocycles. The summed E-state index contributed by atoms with van der Waals surface area (Å²) in [5, 5.41) is 0. The quantitative estimate of drug-likeness (QED) is 0.825. The maximum atomic E-state index is 12.5. The molecule has 3 heterocycles. The number of nitrogens with zero attached hydrogens (tertiary/aromatic N) is 4. The Morgan fingerprint density at radius 3 is 2.24 bits per heavy atom. The fourth-order valence-corrected chi connectivity index (χ4v) is 3.90. The number of rotatable bonds is 2. The molecule has 2 saturated heterocycles. The lowest BCUT2D eigenvalue weighted by molar-refractivity contribution is -0.132. The first-order valence-electron chi connectivity index (χ1n) is 7.85. The fraction of sp³-hybridized carbons (Fsp3) is 0.688. The third-order valence-electron chi connectivity index (χ3n) is 5.44. The number of aromatic nitrogens is 2. The Labute approximate surface area is 125 Å². The summed E-state index contributed by atoms with van der Waals surface area (Å²) in [6, 6.07) is 1.85. The number of anilines is 1. The van der Waals surface area contributed by atoms with Gasteiger partial charge in [0, 0.05) is 56.3 Å². The Bertz CT molecular complexity index is 545. The first kappa shape index (κ1) is 13.0. The smallest absolute Gasteiger partial charge is 0.226 e. The van der Waals surface area contributed by atoms with Crippen LogP contribution in [0.15, 0.2) is 18.5 Å². The van der Waals surface area contributed by atoms with E-state index in [2.05, 4.69) is 33.6 Å². The molecular weight excluding hydrogens is 264 g/mol. The molecule has 3 aliphatic rings. The molecule has 1 amide bonds. The van der Waals surface area contributed by atoms with Crippen LogP contribution in [0.4, 0.5) is 5.95 Å². The summed E-state index contributed by atoms with van der Waals surface area (Å²) in [6.07, 6.45) is 4.64. The van der Waals surface area contributed by atoms with Crippen molar-refractivity contribution in [2.45, 2.75) is 20.3 Å². The van der Waals surface area contributed by atoms with Gasteiger partial charge in [0.05, 0.1) is 0 Å². The lowest BCUT2D eigenvalue weighted by atomic mass is 10.0. The number of amides is 1. The molecule has 1 aromatic rings. The molecule has 3 fully saturated rings. The Kier molecular flexibility index (Phi) is 2.75. The van der Waals surface area contributed by atoms with Crippen molar-refractivity contribution in [3.63, 3.8) is 0 Å². The molecule has 4 rings (SSSR count). The lowest BCUT2D eigenvalue weighted by Crippen LogP contribution is -2.35. The number of hydrogen-bond acceptors (Lipinski definition) is 4. The topological polar surface area (TPSA) is 49.3 Å². The van der Waals surface area contributed by atoms with Crippen molar-refractivity contribution in [1.82, 2.24) is 14.9 Å². The second-order valence-electron chi connectivity index (χ2n) is 7.46. The molecule has 2 aliphatic heterocycles. The molecule has 5 nitrogen and oxygen atoms in total. The van der Waals surface area contributed by atoms with E-state index in [-0.39, 0.29) is 11.3 Å². The first-order valence-corrected chi connectivity index (χ1v) is 7.85. The number of likely N-dealkylation sites (tertiary alicyclic amines) is 1. The number of carbonyl (C=O) groups excluding carboxylic acids is 1.